The van der Waals surface area contributed by atoms with Gasteiger partial charge >= 0.3 is 0 Å². The number of hydrogen-bond acceptors (Lipinski definition) is 4. The van der Waals surface area contributed by atoms with Gasteiger partial charge in [-0.05, 0) is 31.4 Å². The first-order chi connectivity index (χ1) is 12.2. The molecule has 1 aliphatic rings. The molecule has 0 saturated carbocycles. The van der Waals surface area contributed by atoms with Gasteiger partial charge in [-0.25, -0.2) is 15.0 Å². The van der Waals surface area contributed by atoms with Crippen LogP contribution in [0.1, 0.15) is 50.0 Å². The molecular formula is C20H23N5. The average Bonchev–Trinajstić information content (AvgIpc) is 3.08. The van der Waals surface area contributed by atoms with Crippen LogP contribution in [0.4, 0.5) is 5.95 Å². The van der Waals surface area contributed by atoms with E-state index >= 15 is 0 Å². The molecule has 1 aliphatic heterocycles. The molecule has 1 aromatic carbocycles. The molecule has 0 aliphatic carbocycles. The van der Waals surface area contributed by atoms with Crippen molar-refractivity contribution in [2.45, 2.75) is 45.2 Å². The highest BCUT2D eigenvalue weighted by atomic mass is 15.1. The number of rotatable bonds is 4. The highest BCUT2D eigenvalue weighted by Crippen LogP contribution is 2.30. The highest BCUT2D eigenvalue weighted by molar-refractivity contribution is 5.56. The number of aromatic nitrogens is 4. The molecule has 0 bridgehead atoms. The number of benzene rings is 1. The number of nitrogens with zero attached hydrogens (tertiary/aromatic N) is 4. The molecule has 25 heavy (non-hydrogen) atoms. The van der Waals surface area contributed by atoms with Crippen LogP contribution in [0.15, 0.2) is 48.8 Å². The van der Waals surface area contributed by atoms with E-state index in [1.54, 1.807) is 0 Å². The first-order valence-electron chi connectivity index (χ1n) is 8.92. The molecule has 0 amide bonds. The fourth-order valence-electron chi connectivity index (χ4n) is 3.50. The minimum Gasteiger partial charge on any atom is -0.348 e. The lowest BCUT2D eigenvalue weighted by atomic mass is 10.0. The van der Waals surface area contributed by atoms with Crippen LogP contribution in [0.5, 0.6) is 0 Å². The van der Waals surface area contributed by atoms with Crippen molar-refractivity contribution in [2.75, 3.05) is 5.32 Å². The van der Waals surface area contributed by atoms with Gasteiger partial charge in [0.25, 0.3) is 0 Å². The van der Waals surface area contributed by atoms with Gasteiger partial charge in [-0.2, -0.15) is 0 Å². The van der Waals surface area contributed by atoms with Gasteiger partial charge in [-0.1, -0.05) is 37.3 Å². The number of imidazole rings is 1. The summed E-state index contributed by atoms with van der Waals surface area (Å²) in [5, 5.41) is 3.40. The Kier molecular flexibility index (Phi) is 4.22. The largest absolute Gasteiger partial charge is 0.348 e. The van der Waals surface area contributed by atoms with Crippen LogP contribution in [0.25, 0.3) is 11.4 Å². The molecule has 128 valence electrons. The van der Waals surface area contributed by atoms with E-state index in [-0.39, 0.29) is 6.04 Å². The Hall–Kier alpha value is -2.69. The van der Waals surface area contributed by atoms with E-state index in [4.69, 9.17) is 4.98 Å². The summed E-state index contributed by atoms with van der Waals surface area (Å²) in [5.74, 6) is 2.33. The van der Waals surface area contributed by atoms with Crippen LogP contribution in [0.3, 0.4) is 0 Å². The molecule has 2 aromatic heterocycles. The molecule has 0 fully saturated rings. The molecular weight excluding hydrogens is 310 g/mol. The molecule has 4 rings (SSSR count). The van der Waals surface area contributed by atoms with Crippen molar-refractivity contribution in [1.82, 2.24) is 19.5 Å². The first kappa shape index (κ1) is 15.8. The summed E-state index contributed by atoms with van der Waals surface area (Å²) < 4.78 is 2.31. The van der Waals surface area contributed by atoms with Crippen LogP contribution in [-0.4, -0.2) is 19.5 Å². The predicted molar refractivity (Wildman–Crippen MR) is 99.4 cm³/mol. The monoisotopic (exact) mass is 333 g/mol. The zero-order valence-corrected chi connectivity index (χ0v) is 14.7. The number of nitrogens with one attached hydrogen (secondary N) is 1. The van der Waals surface area contributed by atoms with Gasteiger partial charge in [0.2, 0.25) is 5.95 Å². The molecule has 3 heterocycles. The Balaban J connectivity index is 1.60. The summed E-state index contributed by atoms with van der Waals surface area (Å²) in [4.78, 5) is 13.8. The lowest BCUT2D eigenvalue weighted by Crippen LogP contribution is -2.15. The Labute approximate surface area is 148 Å². The van der Waals surface area contributed by atoms with E-state index in [9.17, 15) is 0 Å². The van der Waals surface area contributed by atoms with E-state index in [1.807, 2.05) is 36.7 Å². The van der Waals surface area contributed by atoms with E-state index in [0.717, 1.165) is 17.9 Å². The van der Waals surface area contributed by atoms with Crippen molar-refractivity contribution in [2.24, 2.45) is 0 Å². The van der Waals surface area contributed by atoms with E-state index in [2.05, 4.69) is 45.8 Å². The average molecular weight is 333 g/mol. The van der Waals surface area contributed by atoms with Crippen LogP contribution in [-0.2, 0) is 6.54 Å². The summed E-state index contributed by atoms with van der Waals surface area (Å²) in [7, 11) is 0. The zero-order valence-electron chi connectivity index (χ0n) is 14.7. The lowest BCUT2D eigenvalue weighted by molar-refractivity contribution is 0.466. The number of anilines is 1. The van der Waals surface area contributed by atoms with Crippen LogP contribution in [0.2, 0.25) is 0 Å². The van der Waals surface area contributed by atoms with Gasteiger partial charge in [-0.3, -0.25) is 0 Å². The number of hydrogen-bond donors (Lipinski definition) is 1. The van der Waals surface area contributed by atoms with Crippen molar-refractivity contribution >= 4 is 5.95 Å². The molecule has 0 radical (unpaired) electrons. The molecule has 5 heteroatoms. The standard InChI is InChI=1S/C20H23N5/c1-14-7-6-12-25-18(13-22-19(14)25)17-10-11-21-20(24-17)23-15(2)16-8-4-3-5-9-16/h3-5,8-11,13-15H,6-7,12H2,1-2H3,(H,21,23,24)/t14?,15-/m0/s1. The molecule has 2 atom stereocenters. The van der Waals surface area contributed by atoms with Gasteiger partial charge in [0.05, 0.1) is 23.6 Å². The molecule has 0 saturated heterocycles. The second-order valence-electron chi connectivity index (χ2n) is 6.74. The summed E-state index contributed by atoms with van der Waals surface area (Å²) in [6.07, 6.45) is 6.17. The Morgan fingerprint density at radius 3 is 2.84 bits per heavy atom. The summed E-state index contributed by atoms with van der Waals surface area (Å²) in [6, 6.07) is 12.4. The normalized spacial score (nSPS) is 17.8. The second-order valence-corrected chi connectivity index (χ2v) is 6.74. The third-order valence-electron chi connectivity index (χ3n) is 4.91. The fourth-order valence-corrected chi connectivity index (χ4v) is 3.50. The minimum atomic E-state index is 0.149. The second kappa shape index (κ2) is 6.67. The third-order valence-corrected chi connectivity index (χ3v) is 4.91. The summed E-state index contributed by atoms with van der Waals surface area (Å²) in [5.41, 5.74) is 3.22. The molecule has 5 nitrogen and oxygen atoms in total. The maximum absolute atomic E-state index is 4.73. The first-order valence-corrected chi connectivity index (χ1v) is 8.92. The van der Waals surface area contributed by atoms with Crippen molar-refractivity contribution < 1.29 is 0 Å². The van der Waals surface area contributed by atoms with Crippen LogP contribution in [0, 0.1) is 0 Å². The van der Waals surface area contributed by atoms with E-state index in [1.165, 1.54) is 24.2 Å². The summed E-state index contributed by atoms with van der Waals surface area (Å²) in [6.45, 7) is 5.38. The van der Waals surface area contributed by atoms with Crippen molar-refractivity contribution in [3.8, 4) is 11.4 Å². The van der Waals surface area contributed by atoms with Crippen molar-refractivity contribution in [1.29, 1.82) is 0 Å². The van der Waals surface area contributed by atoms with E-state index < -0.39 is 0 Å². The fraction of sp³-hybridized carbons (Fsp3) is 0.350. The van der Waals surface area contributed by atoms with Crippen LogP contribution >= 0.6 is 0 Å². The molecule has 3 aromatic rings. The lowest BCUT2D eigenvalue weighted by Gasteiger charge is -2.21. The van der Waals surface area contributed by atoms with Crippen molar-refractivity contribution in [3.05, 3.63) is 60.2 Å². The minimum absolute atomic E-state index is 0.149. The summed E-state index contributed by atoms with van der Waals surface area (Å²) >= 11 is 0. The van der Waals surface area contributed by atoms with Gasteiger partial charge in [-0.15, -0.1) is 0 Å². The Bertz CT molecular complexity index is 856. The zero-order chi connectivity index (χ0) is 17.2. The third kappa shape index (κ3) is 3.14. The molecule has 1 N–H and O–H groups in total. The van der Waals surface area contributed by atoms with Crippen LogP contribution < -0.4 is 5.32 Å². The maximum atomic E-state index is 4.73. The maximum Gasteiger partial charge on any atom is 0.223 e. The number of fused-ring (bicyclic) bond motifs is 1. The predicted octanol–water partition coefficient (Wildman–Crippen LogP) is 4.41. The SMILES string of the molecule is CC1CCCn2c(-c3ccnc(N[C@@H](C)c4ccccc4)n3)cnc21. The Morgan fingerprint density at radius 2 is 2.00 bits per heavy atom. The quantitative estimate of drug-likeness (QED) is 0.768. The van der Waals surface area contributed by atoms with Gasteiger partial charge in [0.1, 0.15) is 5.82 Å². The van der Waals surface area contributed by atoms with Gasteiger partial charge in [0, 0.05) is 18.7 Å². The molecule has 1 unspecified atom stereocenters. The van der Waals surface area contributed by atoms with Crippen molar-refractivity contribution in [3.63, 3.8) is 0 Å². The molecule has 0 spiro atoms. The van der Waals surface area contributed by atoms with Gasteiger partial charge < -0.3 is 9.88 Å². The topological polar surface area (TPSA) is 55.6 Å². The smallest absolute Gasteiger partial charge is 0.223 e. The Morgan fingerprint density at radius 1 is 1.16 bits per heavy atom. The highest BCUT2D eigenvalue weighted by Gasteiger charge is 2.21. The van der Waals surface area contributed by atoms with Gasteiger partial charge in [0.15, 0.2) is 0 Å². The van der Waals surface area contributed by atoms with E-state index in [0.29, 0.717) is 11.9 Å².